The summed E-state index contributed by atoms with van der Waals surface area (Å²) in [5, 5.41) is 3.37. The van der Waals surface area contributed by atoms with E-state index < -0.39 is 0 Å². The van der Waals surface area contributed by atoms with Gasteiger partial charge < -0.3 is 10.2 Å². The van der Waals surface area contributed by atoms with Crippen LogP contribution in [-0.4, -0.2) is 60.0 Å². The van der Waals surface area contributed by atoms with Gasteiger partial charge in [-0.25, -0.2) is 9.97 Å². The summed E-state index contributed by atoms with van der Waals surface area (Å²) in [6, 6.07) is 0.316. The van der Waals surface area contributed by atoms with Gasteiger partial charge in [0, 0.05) is 44.1 Å². The van der Waals surface area contributed by atoms with Crippen LogP contribution >= 0.6 is 0 Å². The third-order valence-electron chi connectivity index (χ3n) is 3.63. The Morgan fingerprint density at radius 1 is 1.26 bits per heavy atom. The lowest BCUT2D eigenvalue weighted by molar-refractivity contribution is 0.109. The number of likely N-dealkylation sites (N-methyl/N-ethyl adjacent to an activating group) is 2. The Morgan fingerprint density at radius 3 is 2.68 bits per heavy atom. The summed E-state index contributed by atoms with van der Waals surface area (Å²) in [6.45, 7) is 7.26. The highest BCUT2D eigenvalue weighted by atomic mass is 15.3. The molecule has 1 aliphatic rings. The predicted octanol–water partition coefficient (Wildman–Crippen LogP) is 0.895. The Bertz CT molecular complexity index is 378. The molecular weight excluding hydrogens is 238 g/mol. The maximum Gasteiger partial charge on any atom is 0.146 e. The molecule has 19 heavy (non-hydrogen) atoms. The van der Waals surface area contributed by atoms with Crippen LogP contribution in [0.1, 0.15) is 30.8 Å². The molecule has 0 amide bonds. The first-order chi connectivity index (χ1) is 9.20. The molecule has 5 heteroatoms. The largest absolute Gasteiger partial charge is 0.313 e. The summed E-state index contributed by atoms with van der Waals surface area (Å²) in [5.41, 5.74) is 1.16. The van der Waals surface area contributed by atoms with Gasteiger partial charge in [-0.1, -0.05) is 6.92 Å². The summed E-state index contributed by atoms with van der Waals surface area (Å²) in [5.74, 6) is 0.938. The first-order valence-electron chi connectivity index (χ1n) is 7.11. The van der Waals surface area contributed by atoms with Gasteiger partial charge in [0.25, 0.3) is 0 Å². The second-order valence-corrected chi connectivity index (χ2v) is 5.38. The molecule has 1 fully saturated rings. The molecule has 1 aliphatic heterocycles. The van der Waals surface area contributed by atoms with Crippen molar-refractivity contribution in [3.05, 3.63) is 23.8 Å². The maximum atomic E-state index is 4.55. The summed E-state index contributed by atoms with van der Waals surface area (Å²) in [6.07, 6.45) is 5.05. The van der Waals surface area contributed by atoms with Crippen molar-refractivity contribution >= 4 is 0 Å². The molecule has 1 atom stereocenters. The van der Waals surface area contributed by atoms with Crippen LogP contribution in [0.3, 0.4) is 0 Å². The Hall–Kier alpha value is -1.04. The van der Waals surface area contributed by atoms with Crippen LogP contribution in [0.2, 0.25) is 0 Å². The van der Waals surface area contributed by atoms with Gasteiger partial charge in [0.2, 0.25) is 0 Å². The number of piperazine rings is 1. The molecule has 0 aliphatic carbocycles. The van der Waals surface area contributed by atoms with Crippen molar-refractivity contribution in [2.45, 2.75) is 25.9 Å². The minimum atomic E-state index is 0.316. The zero-order chi connectivity index (χ0) is 13.7. The molecule has 0 saturated carbocycles. The Labute approximate surface area is 116 Å². The van der Waals surface area contributed by atoms with Crippen molar-refractivity contribution in [2.75, 3.05) is 40.3 Å². The van der Waals surface area contributed by atoms with Gasteiger partial charge in [-0.3, -0.25) is 4.90 Å². The SMILES string of the molecule is CCCNCc1cnc(C2CN(C)CCN2C)nc1. The molecule has 2 rings (SSSR count). The number of hydrogen-bond donors (Lipinski definition) is 1. The van der Waals surface area contributed by atoms with E-state index in [-0.39, 0.29) is 0 Å². The van der Waals surface area contributed by atoms with E-state index in [9.17, 15) is 0 Å². The van der Waals surface area contributed by atoms with Crippen LogP contribution in [0.25, 0.3) is 0 Å². The predicted molar refractivity (Wildman–Crippen MR) is 76.9 cm³/mol. The molecule has 1 aromatic rings. The van der Waals surface area contributed by atoms with Gasteiger partial charge in [-0.15, -0.1) is 0 Å². The van der Waals surface area contributed by atoms with Crippen LogP contribution in [0.5, 0.6) is 0 Å². The summed E-state index contributed by atoms with van der Waals surface area (Å²) >= 11 is 0. The third-order valence-corrected chi connectivity index (χ3v) is 3.63. The van der Waals surface area contributed by atoms with Gasteiger partial charge >= 0.3 is 0 Å². The topological polar surface area (TPSA) is 44.3 Å². The van der Waals surface area contributed by atoms with Crippen molar-refractivity contribution in [1.29, 1.82) is 0 Å². The minimum absolute atomic E-state index is 0.316. The van der Waals surface area contributed by atoms with Crippen LogP contribution < -0.4 is 5.32 Å². The number of rotatable bonds is 5. The van der Waals surface area contributed by atoms with Crippen molar-refractivity contribution in [1.82, 2.24) is 25.1 Å². The van der Waals surface area contributed by atoms with Gasteiger partial charge in [0.15, 0.2) is 0 Å². The van der Waals surface area contributed by atoms with Gasteiger partial charge in [-0.05, 0) is 27.1 Å². The molecule has 5 nitrogen and oxygen atoms in total. The van der Waals surface area contributed by atoms with E-state index in [1.165, 1.54) is 0 Å². The summed E-state index contributed by atoms with van der Waals surface area (Å²) in [4.78, 5) is 13.8. The molecule has 0 spiro atoms. The van der Waals surface area contributed by atoms with Crippen LogP contribution in [0, 0.1) is 0 Å². The van der Waals surface area contributed by atoms with Crippen LogP contribution in [0.15, 0.2) is 12.4 Å². The highest BCUT2D eigenvalue weighted by molar-refractivity contribution is 5.08. The van der Waals surface area contributed by atoms with E-state index >= 15 is 0 Å². The molecule has 0 aromatic carbocycles. The number of nitrogens with one attached hydrogen (secondary N) is 1. The lowest BCUT2D eigenvalue weighted by atomic mass is 10.1. The van der Waals surface area contributed by atoms with E-state index in [4.69, 9.17) is 0 Å². The fraction of sp³-hybridized carbons (Fsp3) is 0.714. The smallest absolute Gasteiger partial charge is 0.146 e. The molecule has 1 N–H and O–H groups in total. The van der Waals surface area contributed by atoms with Crippen molar-refractivity contribution < 1.29 is 0 Å². The lowest BCUT2D eigenvalue weighted by Crippen LogP contribution is -2.45. The zero-order valence-corrected chi connectivity index (χ0v) is 12.3. The zero-order valence-electron chi connectivity index (χ0n) is 12.3. The van der Waals surface area contributed by atoms with E-state index in [1.807, 2.05) is 12.4 Å². The van der Waals surface area contributed by atoms with Crippen LogP contribution in [0.4, 0.5) is 0 Å². The highest BCUT2D eigenvalue weighted by Gasteiger charge is 2.25. The number of aromatic nitrogens is 2. The van der Waals surface area contributed by atoms with Crippen molar-refractivity contribution in [2.24, 2.45) is 0 Å². The quantitative estimate of drug-likeness (QED) is 0.800. The second kappa shape index (κ2) is 6.93. The normalized spacial score (nSPS) is 21.7. The second-order valence-electron chi connectivity index (χ2n) is 5.38. The molecular formula is C14H25N5. The molecule has 1 aromatic heterocycles. The first-order valence-corrected chi connectivity index (χ1v) is 7.11. The van der Waals surface area contributed by atoms with Gasteiger partial charge in [-0.2, -0.15) is 0 Å². The monoisotopic (exact) mass is 263 g/mol. The molecule has 1 saturated heterocycles. The molecule has 2 heterocycles. The third kappa shape index (κ3) is 3.96. The number of nitrogens with zero attached hydrogens (tertiary/aromatic N) is 4. The van der Waals surface area contributed by atoms with E-state index in [2.05, 4.69) is 46.1 Å². The van der Waals surface area contributed by atoms with Gasteiger partial charge in [0.05, 0.1) is 6.04 Å². The minimum Gasteiger partial charge on any atom is -0.313 e. The fourth-order valence-electron chi connectivity index (χ4n) is 2.33. The average Bonchev–Trinajstić information content (AvgIpc) is 2.43. The van der Waals surface area contributed by atoms with Crippen molar-refractivity contribution in [3.8, 4) is 0 Å². The molecule has 0 bridgehead atoms. The average molecular weight is 263 g/mol. The molecule has 106 valence electrons. The fourth-order valence-corrected chi connectivity index (χ4v) is 2.33. The summed E-state index contributed by atoms with van der Waals surface area (Å²) in [7, 11) is 4.31. The summed E-state index contributed by atoms with van der Waals surface area (Å²) < 4.78 is 0. The van der Waals surface area contributed by atoms with E-state index in [0.717, 1.165) is 50.5 Å². The highest BCUT2D eigenvalue weighted by Crippen LogP contribution is 2.19. The first kappa shape index (κ1) is 14.4. The molecule has 1 unspecified atom stereocenters. The van der Waals surface area contributed by atoms with Gasteiger partial charge in [0.1, 0.15) is 5.82 Å². The standard InChI is InChI=1S/C14H25N5/c1-4-5-15-8-12-9-16-14(17-10-12)13-11-18(2)6-7-19(13)3/h9-10,13,15H,4-8,11H2,1-3H3. The molecule has 0 radical (unpaired) electrons. The Kier molecular flexibility index (Phi) is 5.24. The number of hydrogen-bond acceptors (Lipinski definition) is 5. The van der Waals surface area contributed by atoms with E-state index in [1.54, 1.807) is 0 Å². The maximum absolute atomic E-state index is 4.55. The Morgan fingerprint density at radius 2 is 2.00 bits per heavy atom. The van der Waals surface area contributed by atoms with Crippen molar-refractivity contribution in [3.63, 3.8) is 0 Å². The van der Waals surface area contributed by atoms with E-state index in [0.29, 0.717) is 6.04 Å². The Balaban J connectivity index is 1.97. The lowest BCUT2D eigenvalue weighted by Gasteiger charge is -2.36. The van der Waals surface area contributed by atoms with Crippen LogP contribution in [-0.2, 0) is 6.54 Å².